The number of amides is 4. The van der Waals surface area contributed by atoms with E-state index in [4.69, 9.17) is 5.73 Å². The molecule has 1 fully saturated rings. The lowest BCUT2D eigenvalue weighted by Gasteiger charge is -2.22. The first kappa shape index (κ1) is 25.0. The van der Waals surface area contributed by atoms with Crippen LogP contribution in [0, 0.1) is 0 Å². The molecule has 0 radical (unpaired) electrons. The summed E-state index contributed by atoms with van der Waals surface area (Å²) in [5, 5.41) is 4.95. The molecule has 1 heterocycles. The van der Waals surface area contributed by atoms with Crippen LogP contribution < -0.4 is 21.1 Å². The van der Waals surface area contributed by atoms with Gasteiger partial charge < -0.3 is 11.1 Å². The number of pyridine rings is 1. The number of benzene rings is 1. The molecule has 4 amide bonds. The van der Waals surface area contributed by atoms with E-state index in [1.54, 1.807) is 0 Å². The number of imide groups is 1. The topological polar surface area (TPSA) is 177 Å². The average molecular weight is 488 g/mol. The van der Waals surface area contributed by atoms with Crippen molar-refractivity contribution >= 4 is 33.7 Å². The van der Waals surface area contributed by atoms with Crippen molar-refractivity contribution < 1.29 is 27.6 Å². The van der Waals surface area contributed by atoms with Crippen LogP contribution in [0.3, 0.4) is 0 Å². The minimum absolute atomic E-state index is 0.117. The third-order valence-corrected chi connectivity index (χ3v) is 6.64. The lowest BCUT2D eigenvalue weighted by Crippen LogP contribution is -2.36. The quantitative estimate of drug-likeness (QED) is 0.435. The van der Waals surface area contributed by atoms with Crippen molar-refractivity contribution in [1.82, 2.24) is 20.3 Å². The molecular formula is C22H25N5O6S. The van der Waals surface area contributed by atoms with Gasteiger partial charge in [0.1, 0.15) is 5.69 Å². The molecule has 3 rings (SSSR count). The Labute approximate surface area is 196 Å². The molecule has 0 saturated heterocycles. The SMILES string of the molecule is NCC(=O)NC(=O)c1ccc(C(=O)NS(=O)(=O)c2ccc(C(=O)NC3CCCCC3)cc2)cn1. The zero-order chi connectivity index (χ0) is 24.7. The maximum Gasteiger partial charge on any atom is 0.276 e. The Hall–Kier alpha value is -3.64. The summed E-state index contributed by atoms with van der Waals surface area (Å²) in [5.74, 6) is -2.74. The van der Waals surface area contributed by atoms with E-state index in [2.05, 4.69) is 10.3 Å². The van der Waals surface area contributed by atoms with Crippen molar-refractivity contribution in [1.29, 1.82) is 0 Å². The van der Waals surface area contributed by atoms with Crippen LogP contribution in [0.4, 0.5) is 0 Å². The summed E-state index contributed by atoms with van der Waals surface area (Å²) in [5.41, 5.74) is 5.17. The Balaban J connectivity index is 1.62. The van der Waals surface area contributed by atoms with E-state index in [-0.39, 0.29) is 34.6 Å². The van der Waals surface area contributed by atoms with Gasteiger partial charge in [0.25, 0.3) is 27.7 Å². The number of nitrogens with one attached hydrogen (secondary N) is 3. The maximum absolute atomic E-state index is 12.6. The smallest absolute Gasteiger partial charge is 0.276 e. The van der Waals surface area contributed by atoms with Gasteiger partial charge >= 0.3 is 0 Å². The first-order valence-corrected chi connectivity index (χ1v) is 12.2. The van der Waals surface area contributed by atoms with Gasteiger partial charge in [-0.05, 0) is 49.2 Å². The number of hydrogen-bond donors (Lipinski definition) is 4. The molecule has 180 valence electrons. The van der Waals surface area contributed by atoms with E-state index in [1.807, 2.05) is 10.0 Å². The van der Waals surface area contributed by atoms with Gasteiger partial charge in [0.2, 0.25) is 5.91 Å². The van der Waals surface area contributed by atoms with Crippen molar-refractivity contribution in [2.75, 3.05) is 6.54 Å². The second kappa shape index (κ2) is 11.0. The van der Waals surface area contributed by atoms with Crippen LogP contribution in [-0.4, -0.2) is 49.6 Å². The first-order chi connectivity index (χ1) is 16.2. The molecule has 0 atom stereocenters. The van der Waals surface area contributed by atoms with Gasteiger partial charge in [0.05, 0.1) is 17.0 Å². The Kier molecular flexibility index (Phi) is 8.08. The Morgan fingerprint density at radius 3 is 2.12 bits per heavy atom. The van der Waals surface area contributed by atoms with E-state index in [0.29, 0.717) is 5.56 Å². The summed E-state index contributed by atoms with van der Waals surface area (Å²) >= 11 is 0. The molecule has 1 aromatic heterocycles. The molecule has 0 aliphatic heterocycles. The highest BCUT2D eigenvalue weighted by Gasteiger charge is 2.21. The van der Waals surface area contributed by atoms with Gasteiger partial charge in [0.15, 0.2) is 0 Å². The molecule has 0 spiro atoms. The number of nitrogens with two attached hydrogens (primary N) is 1. The number of sulfonamides is 1. The molecule has 34 heavy (non-hydrogen) atoms. The largest absolute Gasteiger partial charge is 0.349 e. The number of carbonyl (C=O) groups excluding carboxylic acids is 4. The van der Waals surface area contributed by atoms with Crippen LogP contribution in [0.2, 0.25) is 0 Å². The summed E-state index contributed by atoms with van der Waals surface area (Å²) in [6.07, 6.45) is 6.16. The van der Waals surface area contributed by atoms with Gasteiger partial charge in [-0.15, -0.1) is 0 Å². The van der Waals surface area contributed by atoms with E-state index in [0.717, 1.165) is 38.3 Å². The van der Waals surface area contributed by atoms with E-state index in [9.17, 15) is 27.6 Å². The standard InChI is InChI=1S/C22H25N5O6S/c23-12-19(28)26-22(31)18-11-8-15(13-24-18)21(30)27-34(32,33)17-9-6-14(7-10-17)20(29)25-16-4-2-1-3-5-16/h6-11,13,16H,1-5,12,23H2,(H,25,29)(H,27,30)(H,26,28,31). The summed E-state index contributed by atoms with van der Waals surface area (Å²) in [6.45, 7) is -0.379. The molecule has 1 aromatic carbocycles. The fraction of sp³-hybridized carbons (Fsp3) is 0.318. The summed E-state index contributed by atoms with van der Waals surface area (Å²) in [7, 11) is -4.22. The molecular weight excluding hydrogens is 462 g/mol. The normalized spacial score (nSPS) is 14.1. The minimum atomic E-state index is -4.22. The number of hydrogen-bond acceptors (Lipinski definition) is 8. The van der Waals surface area contributed by atoms with E-state index < -0.39 is 27.7 Å². The van der Waals surface area contributed by atoms with E-state index in [1.165, 1.54) is 36.4 Å². The molecule has 11 nitrogen and oxygen atoms in total. The van der Waals surface area contributed by atoms with Gasteiger partial charge in [-0.25, -0.2) is 13.1 Å². The van der Waals surface area contributed by atoms with Crippen molar-refractivity contribution in [3.8, 4) is 0 Å². The van der Waals surface area contributed by atoms with Crippen LogP contribution >= 0.6 is 0 Å². The van der Waals surface area contributed by atoms with Gasteiger partial charge in [-0.2, -0.15) is 0 Å². The van der Waals surface area contributed by atoms with Gasteiger partial charge in [-0.1, -0.05) is 19.3 Å². The third kappa shape index (κ3) is 6.45. The number of aromatic nitrogens is 1. The van der Waals surface area contributed by atoms with Crippen LogP contribution in [0.1, 0.15) is 63.3 Å². The predicted molar refractivity (Wildman–Crippen MR) is 121 cm³/mol. The van der Waals surface area contributed by atoms with Crippen molar-refractivity contribution in [2.24, 2.45) is 5.73 Å². The van der Waals surface area contributed by atoms with Crippen molar-refractivity contribution in [3.05, 3.63) is 59.4 Å². The number of rotatable bonds is 7. The Bertz CT molecular complexity index is 1170. The van der Waals surface area contributed by atoms with Gasteiger partial charge in [-0.3, -0.25) is 29.5 Å². The Morgan fingerprint density at radius 2 is 1.53 bits per heavy atom. The molecule has 12 heteroatoms. The summed E-state index contributed by atoms with van der Waals surface area (Å²) < 4.78 is 27.1. The highest BCUT2D eigenvalue weighted by molar-refractivity contribution is 7.90. The fourth-order valence-corrected chi connectivity index (χ4v) is 4.42. The Morgan fingerprint density at radius 1 is 0.882 bits per heavy atom. The highest BCUT2D eigenvalue weighted by atomic mass is 32.2. The highest BCUT2D eigenvalue weighted by Crippen LogP contribution is 2.18. The van der Waals surface area contributed by atoms with Gasteiger partial charge in [0, 0.05) is 17.8 Å². The lowest BCUT2D eigenvalue weighted by molar-refractivity contribution is -0.118. The predicted octanol–water partition coefficient (Wildman–Crippen LogP) is 0.478. The van der Waals surface area contributed by atoms with Crippen LogP contribution in [-0.2, 0) is 14.8 Å². The summed E-state index contributed by atoms with van der Waals surface area (Å²) in [6, 6.07) is 7.73. The molecule has 2 aromatic rings. The van der Waals surface area contributed by atoms with E-state index >= 15 is 0 Å². The average Bonchev–Trinajstić information content (AvgIpc) is 2.84. The molecule has 1 saturated carbocycles. The molecule has 0 bridgehead atoms. The minimum Gasteiger partial charge on any atom is -0.349 e. The molecule has 1 aliphatic rings. The van der Waals surface area contributed by atoms with Crippen LogP contribution in [0.25, 0.3) is 0 Å². The van der Waals surface area contributed by atoms with Crippen molar-refractivity contribution in [3.63, 3.8) is 0 Å². The fourth-order valence-electron chi connectivity index (χ4n) is 3.45. The zero-order valence-electron chi connectivity index (χ0n) is 18.2. The maximum atomic E-state index is 12.6. The number of nitrogens with zero attached hydrogens (tertiary/aromatic N) is 1. The first-order valence-electron chi connectivity index (χ1n) is 10.7. The molecule has 5 N–H and O–H groups in total. The zero-order valence-corrected chi connectivity index (χ0v) is 19.1. The number of carbonyl (C=O) groups is 4. The second-order valence-electron chi connectivity index (χ2n) is 7.78. The molecule has 1 aliphatic carbocycles. The third-order valence-electron chi connectivity index (χ3n) is 5.29. The summed E-state index contributed by atoms with van der Waals surface area (Å²) in [4.78, 5) is 51.3. The monoisotopic (exact) mass is 487 g/mol. The second-order valence-corrected chi connectivity index (χ2v) is 9.46. The lowest BCUT2D eigenvalue weighted by atomic mass is 9.95. The van der Waals surface area contributed by atoms with Crippen LogP contribution in [0.15, 0.2) is 47.5 Å². The molecule has 0 unspecified atom stereocenters. The van der Waals surface area contributed by atoms with Crippen LogP contribution in [0.5, 0.6) is 0 Å². The van der Waals surface area contributed by atoms with Crippen molar-refractivity contribution in [2.45, 2.75) is 43.0 Å².